The summed E-state index contributed by atoms with van der Waals surface area (Å²) in [6.07, 6.45) is 9.73. The molecule has 0 spiro atoms. The summed E-state index contributed by atoms with van der Waals surface area (Å²) in [5.74, 6) is 2.08. The highest BCUT2D eigenvalue weighted by Gasteiger charge is 2.33. The Morgan fingerprint density at radius 3 is 2.76 bits per heavy atom. The molecule has 37 heavy (non-hydrogen) atoms. The van der Waals surface area contributed by atoms with Gasteiger partial charge in [-0.1, -0.05) is 31.7 Å². The third-order valence-corrected chi connectivity index (χ3v) is 7.32. The molecule has 1 fully saturated rings. The highest BCUT2D eigenvalue weighted by atomic mass is 32.2. The molecule has 2 atom stereocenters. The Bertz CT molecular complexity index is 1210. The fourth-order valence-electron chi connectivity index (χ4n) is 5.01. The Kier molecular flexibility index (Phi) is 8.56. The van der Waals surface area contributed by atoms with Crippen LogP contribution in [0.15, 0.2) is 67.4 Å². The lowest BCUT2D eigenvalue weighted by molar-refractivity contribution is 0.102. The molecule has 8 nitrogen and oxygen atoms in total. The summed E-state index contributed by atoms with van der Waals surface area (Å²) >= 11 is 1.54. The molecule has 2 aromatic rings. The van der Waals surface area contributed by atoms with Gasteiger partial charge in [-0.15, -0.1) is 0 Å². The van der Waals surface area contributed by atoms with Crippen molar-refractivity contribution in [1.82, 2.24) is 24.8 Å². The van der Waals surface area contributed by atoms with Crippen molar-refractivity contribution in [2.24, 2.45) is 0 Å². The van der Waals surface area contributed by atoms with Crippen molar-refractivity contribution in [2.45, 2.75) is 51.9 Å². The number of likely N-dealkylation sites (tertiary alicyclic amines) is 1. The Morgan fingerprint density at radius 1 is 1.24 bits per heavy atom. The number of piperidine rings is 1. The van der Waals surface area contributed by atoms with Gasteiger partial charge in [-0.3, -0.25) is 4.90 Å². The fourth-order valence-corrected chi connectivity index (χ4v) is 5.33. The number of nitrogens with zero attached hydrogens (tertiary/aromatic N) is 5. The number of allylic oxidation sites excluding steroid dienone is 2. The summed E-state index contributed by atoms with van der Waals surface area (Å²) in [4.78, 5) is 18.6. The molecule has 9 heteroatoms. The topological polar surface area (TPSA) is 78.4 Å². The monoisotopic (exact) mass is 519 g/mol. The minimum atomic E-state index is 0.391. The van der Waals surface area contributed by atoms with E-state index < -0.39 is 0 Å². The SMILES string of the molecule is C=C(/C=C(/OC)C(=C)C)Nc1ncc2c(n1)CN([C@H]1CCN(C(=C)c3ccnc(NSC)c3)[C@H](C)C1)C2. The van der Waals surface area contributed by atoms with Crippen molar-refractivity contribution in [1.29, 1.82) is 0 Å². The van der Waals surface area contributed by atoms with Crippen LogP contribution in [0.2, 0.25) is 0 Å². The standard InChI is InChI=1S/C28H37N7OS/c1-18(2)26(36-6)12-19(3)31-28-30-15-23-16-34(17-25(23)32-28)24-9-11-35(20(4)13-24)21(5)22-8-10-29-27(14-22)33-37-7/h8,10,12,14-15,20,24H,1,3,5,9,11,13,16-17H2,2,4,6-7H3,(H,29,33)(H,30,31,32)/b26-12+/t20-,24+/m1/s1. The van der Waals surface area contributed by atoms with Gasteiger partial charge in [-0.25, -0.2) is 15.0 Å². The van der Waals surface area contributed by atoms with E-state index in [1.165, 1.54) is 17.5 Å². The smallest absolute Gasteiger partial charge is 0.227 e. The molecular weight excluding hydrogens is 482 g/mol. The van der Waals surface area contributed by atoms with Crippen LogP contribution in [0.3, 0.4) is 0 Å². The van der Waals surface area contributed by atoms with Crippen molar-refractivity contribution in [3.8, 4) is 0 Å². The second-order valence-corrected chi connectivity index (χ2v) is 10.2. The molecule has 2 aliphatic rings. The lowest BCUT2D eigenvalue weighted by Gasteiger charge is -2.43. The second-order valence-electron chi connectivity index (χ2n) is 9.62. The zero-order chi connectivity index (χ0) is 26.5. The Hall–Kier alpha value is -3.30. The summed E-state index contributed by atoms with van der Waals surface area (Å²) in [7, 11) is 1.62. The number of anilines is 2. The predicted octanol–water partition coefficient (Wildman–Crippen LogP) is 5.43. The molecule has 0 bridgehead atoms. The van der Waals surface area contributed by atoms with Crippen LogP contribution in [0.5, 0.6) is 0 Å². The van der Waals surface area contributed by atoms with E-state index >= 15 is 0 Å². The van der Waals surface area contributed by atoms with Crippen LogP contribution in [-0.2, 0) is 17.8 Å². The van der Waals surface area contributed by atoms with Gasteiger partial charge in [0.25, 0.3) is 0 Å². The van der Waals surface area contributed by atoms with E-state index in [1.807, 2.05) is 31.6 Å². The van der Waals surface area contributed by atoms with E-state index in [0.29, 0.717) is 29.5 Å². The molecule has 2 aliphatic heterocycles. The first-order valence-electron chi connectivity index (χ1n) is 12.5. The molecule has 1 saturated heterocycles. The van der Waals surface area contributed by atoms with Crippen LogP contribution < -0.4 is 10.0 Å². The van der Waals surface area contributed by atoms with Crippen LogP contribution in [0, 0.1) is 0 Å². The van der Waals surface area contributed by atoms with Gasteiger partial charge in [-0.2, -0.15) is 0 Å². The molecule has 196 valence electrons. The van der Waals surface area contributed by atoms with Gasteiger partial charge in [0.1, 0.15) is 11.6 Å². The van der Waals surface area contributed by atoms with Crippen molar-refractivity contribution >= 4 is 29.4 Å². The van der Waals surface area contributed by atoms with Gasteiger partial charge in [0.2, 0.25) is 5.95 Å². The quantitative estimate of drug-likeness (QED) is 0.243. The van der Waals surface area contributed by atoms with E-state index in [-0.39, 0.29) is 0 Å². The van der Waals surface area contributed by atoms with E-state index in [0.717, 1.165) is 60.8 Å². The van der Waals surface area contributed by atoms with E-state index in [4.69, 9.17) is 9.72 Å². The summed E-state index contributed by atoms with van der Waals surface area (Å²) < 4.78 is 8.55. The molecule has 4 rings (SSSR count). The van der Waals surface area contributed by atoms with Crippen molar-refractivity contribution in [3.05, 3.63) is 84.2 Å². The number of hydrogen-bond donors (Lipinski definition) is 2. The van der Waals surface area contributed by atoms with Gasteiger partial charge in [0.05, 0.1) is 12.8 Å². The zero-order valence-corrected chi connectivity index (χ0v) is 23.1. The normalized spacial score (nSPS) is 19.8. The first kappa shape index (κ1) is 26.8. The number of ether oxygens (including phenoxy) is 1. The highest BCUT2D eigenvalue weighted by molar-refractivity contribution is 7.99. The molecule has 4 heterocycles. The van der Waals surface area contributed by atoms with Gasteiger partial charge in [0, 0.05) is 79.0 Å². The van der Waals surface area contributed by atoms with Crippen molar-refractivity contribution in [2.75, 3.05) is 29.9 Å². The fraction of sp³-hybridized carbons (Fsp3) is 0.393. The van der Waals surface area contributed by atoms with Crippen LogP contribution in [-0.4, -0.2) is 56.7 Å². The molecule has 0 amide bonds. The van der Waals surface area contributed by atoms with Gasteiger partial charge < -0.3 is 19.7 Å². The first-order chi connectivity index (χ1) is 17.8. The summed E-state index contributed by atoms with van der Waals surface area (Å²) in [6.45, 7) is 19.3. The predicted molar refractivity (Wildman–Crippen MR) is 154 cm³/mol. The van der Waals surface area contributed by atoms with E-state index in [2.05, 4.69) is 62.5 Å². The molecule has 0 aromatic carbocycles. The highest BCUT2D eigenvalue weighted by Crippen LogP contribution is 2.33. The Morgan fingerprint density at radius 2 is 2.05 bits per heavy atom. The third kappa shape index (κ3) is 6.34. The number of nitrogens with one attached hydrogen (secondary N) is 2. The maximum atomic E-state index is 5.34. The van der Waals surface area contributed by atoms with Crippen LogP contribution in [0.1, 0.15) is 43.5 Å². The molecule has 2 aromatic heterocycles. The number of hydrogen-bond acceptors (Lipinski definition) is 9. The number of rotatable bonds is 10. The Balaban J connectivity index is 1.36. The maximum absolute atomic E-state index is 5.34. The Labute approximate surface area is 224 Å². The molecule has 0 unspecified atom stereocenters. The second kappa shape index (κ2) is 11.8. The first-order valence-corrected chi connectivity index (χ1v) is 13.7. The van der Waals surface area contributed by atoms with Gasteiger partial charge in [-0.05, 0) is 44.4 Å². The lowest BCUT2D eigenvalue weighted by atomic mass is 9.95. The maximum Gasteiger partial charge on any atom is 0.227 e. The minimum Gasteiger partial charge on any atom is -0.496 e. The largest absolute Gasteiger partial charge is 0.496 e. The number of fused-ring (bicyclic) bond motifs is 1. The molecule has 2 N–H and O–H groups in total. The average Bonchev–Trinajstić information content (AvgIpc) is 3.30. The summed E-state index contributed by atoms with van der Waals surface area (Å²) in [5, 5.41) is 3.18. The number of aromatic nitrogens is 3. The van der Waals surface area contributed by atoms with Gasteiger partial charge in [0.15, 0.2) is 0 Å². The lowest BCUT2D eigenvalue weighted by Crippen LogP contribution is -2.46. The average molecular weight is 520 g/mol. The molecule has 0 saturated carbocycles. The van der Waals surface area contributed by atoms with Crippen molar-refractivity contribution < 1.29 is 4.74 Å². The zero-order valence-electron chi connectivity index (χ0n) is 22.3. The van der Waals surface area contributed by atoms with Gasteiger partial charge >= 0.3 is 0 Å². The minimum absolute atomic E-state index is 0.391. The van der Waals surface area contributed by atoms with Crippen LogP contribution in [0.4, 0.5) is 11.8 Å². The number of methoxy groups -OCH3 is 1. The molecular formula is C28H37N7OS. The molecule has 0 aliphatic carbocycles. The summed E-state index contributed by atoms with van der Waals surface area (Å²) in [5.41, 5.74) is 5.92. The van der Waals surface area contributed by atoms with E-state index in [1.54, 1.807) is 13.2 Å². The molecule has 0 radical (unpaired) electrons. The van der Waals surface area contributed by atoms with E-state index in [9.17, 15) is 0 Å². The van der Waals surface area contributed by atoms with Crippen LogP contribution >= 0.6 is 11.9 Å². The third-order valence-electron chi connectivity index (χ3n) is 6.91. The number of pyridine rings is 1. The summed E-state index contributed by atoms with van der Waals surface area (Å²) in [6, 6.07) is 4.99. The van der Waals surface area contributed by atoms with Crippen LogP contribution in [0.25, 0.3) is 5.70 Å². The van der Waals surface area contributed by atoms with Crippen molar-refractivity contribution in [3.63, 3.8) is 0 Å².